The molecule has 0 spiro atoms. The number of fused-ring (bicyclic) bond motifs is 1. The molecule has 212 valence electrons. The Balaban J connectivity index is 0.000000617. The highest BCUT2D eigenvalue weighted by molar-refractivity contribution is 7.91. The Morgan fingerprint density at radius 3 is 2.45 bits per heavy atom. The molecule has 1 amide bonds. The number of carbonyl (C=O) groups excluding carboxylic acids is 1. The van der Waals surface area contributed by atoms with Gasteiger partial charge in [0.15, 0.2) is 9.84 Å². The summed E-state index contributed by atoms with van der Waals surface area (Å²) in [7, 11) is -7.10. The van der Waals surface area contributed by atoms with Crippen molar-refractivity contribution in [2.24, 2.45) is 5.92 Å². The Hall–Kier alpha value is -1.95. The number of allylic oxidation sites excluding steroid dienone is 1. The normalized spacial score (nSPS) is 24.8. The third kappa shape index (κ3) is 7.16. The zero-order valence-corrected chi connectivity index (χ0v) is 24.1. The number of benzene rings is 1. The summed E-state index contributed by atoms with van der Waals surface area (Å²) in [5.41, 5.74) is 1.95. The minimum absolute atomic E-state index is 0.0723. The van der Waals surface area contributed by atoms with Crippen molar-refractivity contribution in [2.45, 2.75) is 94.2 Å². The Morgan fingerprint density at radius 1 is 1.16 bits per heavy atom. The summed E-state index contributed by atoms with van der Waals surface area (Å²) in [5.74, 6) is 0.724. The van der Waals surface area contributed by atoms with Gasteiger partial charge in [0.1, 0.15) is 11.9 Å². The summed E-state index contributed by atoms with van der Waals surface area (Å²) in [6.45, 7) is 5.04. The molecule has 2 aliphatic carbocycles. The van der Waals surface area contributed by atoms with Crippen molar-refractivity contribution in [3.8, 4) is 5.75 Å². The van der Waals surface area contributed by atoms with Crippen LogP contribution in [0.4, 0.5) is 0 Å². The molecule has 0 radical (unpaired) electrons. The van der Waals surface area contributed by atoms with Crippen LogP contribution >= 0.6 is 0 Å². The van der Waals surface area contributed by atoms with Crippen molar-refractivity contribution in [2.75, 3.05) is 18.6 Å². The molecular weight excluding hydrogens is 528 g/mol. The molecular formula is C27H40N2O7S2. The van der Waals surface area contributed by atoms with E-state index in [4.69, 9.17) is 9.29 Å². The molecule has 1 aromatic carbocycles. The fourth-order valence-corrected chi connectivity index (χ4v) is 7.49. The number of hydrogen-bond donors (Lipinski definition) is 3. The third-order valence-corrected chi connectivity index (χ3v) is 9.67. The second-order valence-corrected chi connectivity index (χ2v) is 14.8. The van der Waals surface area contributed by atoms with Gasteiger partial charge in [-0.05, 0) is 101 Å². The summed E-state index contributed by atoms with van der Waals surface area (Å²) in [5, 5.41) is 6.95. The molecule has 9 nitrogen and oxygen atoms in total. The Morgan fingerprint density at radius 2 is 1.87 bits per heavy atom. The Labute approximate surface area is 226 Å². The highest BCUT2D eigenvalue weighted by atomic mass is 32.2. The van der Waals surface area contributed by atoms with E-state index < -0.39 is 25.5 Å². The van der Waals surface area contributed by atoms with E-state index >= 15 is 0 Å². The number of amides is 1. The van der Waals surface area contributed by atoms with E-state index in [0.717, 1.165) is 57.1 Å². The predicted molar refractivity (Wildman–Crippen MR) is 146 cm³/mol. The maximum atomic E-state index is 13.8. The second kappa shape index (κ2) is 11.3. The summed E-state index contributed by atoms with van der Waals surface area (Å²) >= 11 is 0. The first kappa shape index (κ1) is 29.0. The Kier molecular flexibility index (Phi) is 8.61. The van der Waals surface area contributed by atoms with Crippen LogP contribution in [0.5, 0.6) is 5.75 Å². The van der Waals surface area contributed by atoms with Crippen molar-refractivity contribution in [3.05, 3.63) is 34.9 Å². The highest BCUT2D eigenvalue weighted by Crippen LogP contribution is 2.39. The van der Waals surface area contributed by atoms with E-state index in [1.807, 2.05) is 6.92 Å². The smallest absolute Gasteiger partial charge is 0.261 e. The second-order valence-electron chi connectivity index (χ2n) is 11.3. The van der Waals surface area contributed by atoms with Crippen LogP contribution in [0.25, 0.3) is 0 Å². The average Bonchev–Trinajstić information content (AvgIpc) is 3.29. The van der Waals surface area contributed by atoms with Crippen LogP contribution in [0.2, 0.25) is 0 Å². The van der Waals surface area contributed by atoms with Gasteiger partial charge in [-0.15, -0.1) is 0 Å². The molecule has 1 saturated heterocycles. The minimum atomic E-state index is -3.67. The van der Waals surface area contributed by atoms with Crippen molar-refractivity contribution in [1.82, 2.24) is 10.6 Å². The van der Waals surface area contributed by atoms with Gasteiger partial charge in [0.2, 0.25) is 0 Å². The van der Waals surface area contributed by atoms with Crippen molar-refractivity contribution < 1.29 is 30.9 Å². The van der Waals surface area contributed by atoms with E-state index in [-0.39, 0.29) is 34.6 Å². The molecule has 1 aromatic rings. The SMILES string of the molecule is CC1Cc2cc(S(=O)(=O)CC3CC3)cc(C(=O)NC(C)(C3=CCCCC3)C3CCCN3)c2O1.CS(=O)(=O)O. The van der Waals surface area contributed by atoms with Crippen LogP contribution in [0.1, 0.15) is 81.1 Å². The van der Waals surface area contributed by atoms with Gasteiger partial charge in [-0.2, -0.15) is 8.42 Å². The molecule has 38 heavy (non-hydrogen) atoms. The maximum absolute atomic E-state index is 13.8. The number of sulfone groups is 1. The van der Waals surface area contributed by atoms with E-state index in [9.17, 15) is 21.6 Å². The number of carbonyl (C=O) groups is 1. The first-order valence-electron chi connectivity index (χ1n) is 13.5. The van der Waals surface area contributed by atoms with Gasteiger partial charge in [0.25, 0.3) is 16.0 Å². The van der Waals surface area contributed by atoms with E-state index in [1.54, 1.807) is 12.1 Å². The van der Waals surface area contributed by atoms with Gasteiger partial charge in [-0.3, -0.25) is 9.35 Å². The lowest BCUT2D eigenvalue weighted by atomic mass is 9.78. The van der Waals surface area contributed by atoms with Gasteiger partial charge in [0, 0.05) is 12.5 Å². The van der Waals surface area contributed by atoms with Crippen LogP contribution in [0.15, 0.2) is 28.7 Å². The maximum Gasteiger partial charge on any atom is 0.261 e. The van der Waals surface area contributed by atoms with Crippen molar-refractivity contribution in [1.29, 1.82) is 0 Å². The summed E-state index contributed by atoms with van der Waals surface area (Å²) in [6, 6.07) is 3.46. The fourth-order valence-electron chi connectivity index (χ4n) is 5.72. The van der Waals surface area contributed by atoms with Crippen LogP contribution in [0.3, 0.4) is 0 Å². The number of ether oxygens (including phenoxy) is 1. The molecule has 3 atom stereocenters. The van der Waals surface area contributed by atoms with Gasteiger partial charge in [-0.25, -0.2) is 8.42 Å². The number of rotatable bonds is 7. The van der Waals surface area contributed by atoms with Gasteiger partial charge >= 0.3 is 0 Å². The topological polar surface area (TPSA) is 139 Å². The lowest BCUT2D eigenvalue weighted by Gasteiger charge is -2.40. The first-order valence-corrected chi connectivity index (χ1v) is 17.0. The predicted octanol–water partition coefficient (Wildman–Crippen LogP) is 3.44. The van der Waals surface area contributed by atoms with E-state index in [0.29, 0.717) is 24.0 Å². The molecule has 2 heterocycles. The molecule has 2 fully saturated rings. The van der Waals surface area contributed by atoms with Crippen LogP contribution in [-0.2, 0) is 26.4 Å². The summed E-state index contributed by atoms with van der Waals surface area (Å²) in [6.07, 6.45) is 11.9. The van der Waals surface area contributed by atoms with Crippen LogP contribution in [0, 0.1) is 5.92 Å². The zero-order chi connectivity index (χ0) is 27.7. The summed E-state index contributed by atoms with van der Waals surface area (Å²) in [4.78, 5) is 14.1. The molecule has 11 heteroatoms. The zero-order valence-electron chi connectivity index (χ0n) is 22.5. The van der Waals surface area contributed by atoms with Crippen LogP contribution < -0.4 is 15.4 Å². The number of hydrogen-bond acceptors (Lipinski definition) is 7. The molecule has 0 aromatic heterocycles. The highest BCUT2D eigenvalue weighted by Gasteiger charge is 2.42. The lowest BCUT2D eigenvalue weighted by Crippen LogP contribution is -2.59. The molecule has 2 aliphatic heterocycles. The number of nitrogens with one attached hydrogen (secondary N) is 2. The molecule has 0 bridgehead atoms. The Bertz CT molecular complexity index is 1290. The van der Waals surface area contributed by atoms with E-state index in [1.165, 1.54) is 12.0 Å². The molecule has 1 saturated carbocycles. The van der Waals surface area contributed by atoms with Gasteiger partial charge in [0.05, 0.1) is 28.0 Å². The quantitative estimate of drug-likeness (QED) is 0.336. The third-order valence-electron chi connectivity index (χ3n) is 7.81. The molecule has 3 N–H and O–H groups in total. The van der Waals surface area contributed by atoms with E-state index in [2.05, 4.69) is 23.6 Å². The van der Waals surface area contributed by atoms with Gasteiger partial charge in [-0.1, -0.05) is 6.08 Å². The van der Waals surface area contributed by atoms with Crippen molar-refractivity contribution in [3.63, 3.8) is 0 Å². The monoisotopic (exact) mass is 568 g/mol. The molecule has 5 rings (SSSR count). The molecule has 4 aliphatic rings. The van der Waals surface area contributed by atoms with Crippen LogP contribution in [-0.4, -0.2) is 63.5 Å². The average molecular weight is 569 g/mol. The standard InChI is InChI=1S/C26H36N2O4S.CH4O3S/c1-17-13-19-14-21(33(30,31)16-18-10-11-18)15-22(24(19)32-17)25(29)28-26(2,23-9-6-12-27-23)20-7-4-3-5-8-20;1-5(2,3)4/h7,14-15,17-18,23,27H,3-6,8-13,16H2,1-2H3,(H,28,29);1H3,(H,2,3,4). The fraction of sp³-hybridized carbons (Fsp3) is 0.667. The first-order chi connectivity index (χ1) is 17.8. The van der Waals surface area contributed by atoms with Gasteiger partial charge < -0.3 is 15.4 Å². The summed E-state index contributed by atoms with van der Waals surface area (Å²) < 4.78 is 58.1. The lowest BCUT2D eigenvalue weighted by molar-refractivity contribution is 0.0897. The minimum Gasteiger partial charge on any atom is -0.489 e. The largest absolute Gasteiger partial charge is 0.489 e. The van der Waals surface area contributed by atoms with Crippen molar-refractivity contribution >= 4 is 25.9 Å². The molecule has 3 unspecified atom stereocenters.